The molecule has 0 bridgehead atoms. The first-order chi connectivity index (χ1) is 9.62. The van der Waals surface area contributed by atoms with Crippen LogP contribution in [0.15, 0.2) is 18.2 Å². The second-order valence-electron chi connectivity index (χ2n) is 5.07. The first-order valence-electron chi connectivity index (χ1n) is 7.47. The van der Waals surface area contributed by atoms with Gasteiger partial charge in [-0.3, -0.25) is 0 Å². The van der Waals surface area contributed by atoms with E-state index in [2.05, 4.69) is 49.2 Å². The van der Waals surface area contributed by atoms with Gasteiger partial charge in [-0.1, -0.05) is 19.9 Å². The lowest BCUT2D eigenvalue weighted by Gasteiger charge is -2.25. The average Bonchev–Trinajstić information content (AvgIpc) is 2.43. The molecule has 0 atom stereocenters. The van der Waals surface area contributed by atoms with E-state index in [1.54, 1.807) is 0 Å². The van der Waals surface area contributed by atoms with Crippen LogP contribution in [0.5, 0.6) is 5.75 Å². The lowest BCUT2D eigenvalue weighted by Crippen LogP contribution is -2.27. The van der Waals surface area contributed by atoms with Gasteiger partial charge < -0.3 is 20.1 Å². The van der Waals surface area contributed by atoms with Gasteiger partial charge in [0, 0.05) is 25.7 Å². The topological polar surface area (TPSA) is 44.7 Å². The maximum atomic E-state index is 9.16. The molecule has 0 amide bonds. The van der Waals surface area contributed by atoms with Gasteiger partial charge in [0.05, 0.1) is 18.9 Å². The predicted octanol–water partition coefficient (Wildman–Crippen LogP) is 2.40. The van der Waals surface area contributed by atoms with Crippen molar-refractivity contribution in [3.05, 3.63) is 23.8 Å². The Morgan fingerprint density at radius 1 is 1.30 bits per heavy atom. The summed E-state index contributed by atoms with van der Waals surface area (Å²) < 4.78 is 5.76. The minimum Gasteiger partial charge on any atom is -0.492 e. The molecule has 4 heteroatoms. The third-order valence-corrected chi connectivity index (χ3v) is 3.13. The molecule has 2 N–H and O–H groups in total. The Morgan fingerprint density at radius 3 is 2.60 bits per heavy atom. The molecule has 1 rings (SSSR count). The molecule has 0 saturated carbocycles. The van der Waals surface area contributed by atoms with Crippen LogP contribution < -0.4 is 15.0 Å². The Hall–Kier alpha value is -1.26. The molecule has 0 aliphatic rings. The minimum absolute atomic E-state index is 0.149. The van der Waals surface area contributed by atoms with Crippen molar-refractivity contribution in [1.82, 2.24) is 5.32 Å². The summed E-state index contributed by atoms with van der Waals surface area (Å²) in [6, 6.07) is 6.76. The summed E-state index contributed by atoms with van der Waals surface area (Å²) in [6.07, 6.45) is 0. The van der Waals surface area contributed by atoms with Gasteiger partial charge >= 0.3 is 0 Å². The van der Waals surface area contributed by atoms with Gasteiger partial charge in [0.1, 0.15) is 5.75 Å². The fourth-order valence-electron chi connectivity index (χ4n) is 2.09. The molecule has 4 nitrogen and oxygen atoms in total. The van der Waals surface area contributed by atoms with Gasteiger partial charge in [-0.25, -0.2) is 0 Å². The molecule has 0 aliphatic heterocycles. The van der Waals surface area contributed by atoms with E-state index in [0.717, 1.165) is 24.5 Å². The standard InChI is InChI=1S/C16H28N2O2/c1-5-18(9-10-19)15-8-7-14(12-17-13(3)4)11-16(15)20-6-2/h7-8,11,13,17,19H,5-6,9-10,12H2,1-4H3. The first kappa shape index (κ1) is 16.8. The smallest absolute Gasteiger partial charge is 0.142 e. The molecular formula is C16H28N2O2. The lowest BCUT2D eigenvalue weighted by atomic mass is 10.1. The second-order valence-corrected chi connectivity index (χ2v) is 5.07. The summed E-state index contributed by atoms with van der Waals surface area (Å²) in [4.78, 5) is 2.13. The van der Waals surface area contributed by atoms with Gasteiger partial charge in [-0.2, -0.15) is 0 Å². The van der Waals surface area contributed by atoms with E-state index in [0.29, 0.717) is 19.2 Å². The number of aliphatic hydroxyl groups excluding tert-OH is 1. The van der Waals surface area contributed by atoms with Gasteiger partial charge in [0.15, 0.2) is 0 Å². The number of anilines is 1. The highest BCUT2D eigenvalue weighted by Crippen LogP contribution is 2.29. The summed E-state index contributed by atoms with van der Waals surface area (Å²) in [5, 5.41) is 12.6. The van der Waals surface area contributed by atoms with Gasteiger partial charge in [0.2, 0.25) is 0 Å². The van der Waals surface area contributed by atoms with Gasteiger partial charge in [-0.05, 0) is 31.5 Å². The quantitative estimate of drug-likeness (QED) is 0.729. The Labute approximate surface area is 122 Å². The van der Waals surface area contributed by atoms with Crippen molar-refractivity contribution in [2.75, 3.05) is 31.2 Å². The highest BCUT2D eigenvalue weighted by atomic mass is 16.5. The molecule has 1 aromatic carbocycles. The van der Waals surface area contributed by atoms with E-state index in [-0.39, 0.29) is 6.61 Å². The van der Waals surface area contributed by atoms with Gasteiger partial charge in [0.25, 0.3) is 0 Å². The molecule has 0 aromatic heterocycles. The SMILES string of the molecule is CCOc1cc(CNC(C)C)ccc1N(CC)CCO. The summed E-state index contributed by atoms with van der Waals surface area (Å²) in [5.74, 6) is 0.894. The van der Waals surface area contributed by atoms with Crippen molar-refractivity contribution in [2.24, 2.45) is 0 Å². The lowest BCUT2D eigenvalue weighted by molar-refractivity contribution is 0.300. The number of nitrogens with zero attached hydrogens (tertiary/aromatic N) is 1. The Bertz CT molecular complexity index is 394. The normalized spacial score (nSPS) is 10.9. The summed E-state index contributed by atoms with van der Waals surface area (Å²) >= 11 is 0. The molecule has 0 radical (unpaired) electrons. The Balaban J connectivity index is 2.93. The van der Waals surface area contributed by atoms with Crippen molar-refractivity contribution in [3.63, 3.8) is 0 Å². The number of likely N-dealkylation sites (N-methyl/N-ethyl adjacent to an activating group) is 1. The van der Waals surface area contributed by atoms with E-state index in [1.807, 2.05) is 6.92 Å². The van der Waals surface area contributed by atoms with Crippen molar-refractivity contribution in [1.29, 1.82) is 0 Å². The van der Waals surface area contributed by atoms with Crippen LogP contribution in [0, 0.1) is 0 Å². The van der Waals surface area contributed by atoms with E-state index in [1.165, 1.54) is 5.56 Å². The number of rotatable bonds is 9. The molecule has 1 aromatic rings. The highest BCUT2D eigenvalue weighted by Gasteiger charge is 2.11. The molecule has 0 heterocycles. The third kappa shape index (κ3) is 5.02. The van der Waals surface area contributed by atoms with E-state index < -0.39 is 0 Å². The van der Waals surface area contributed by atoms with Crippen LogP contribution in [0.3, 0.4) is 0 Å². The Morgan fingerprint density at radius 2 is 2.05 bits per heavy atom. The maximum Gasteiger partial charge on any atom is 0.142 e. The number of aliphatic hydroxyl groups is 1. The van der Waals surface area contributed by atoms with Crippen molar-refractivity contribution in [3.8, 4) is 5.75 Å². The minimum atomic E-state index is 0.149. The monoisotopic (exact) mass is 280 g/mol. The number of hydrogen-bond acceptors (Lipinski definition) is 4. The van der Waals surface area contributed by atoms with Crippen LogP contribution in [-0.2, 0) is 6.54 Å². The summed E-state index contributed by atoms with van der Waals surface area (Å²) in [5.41, 5.74) is 2.27. The molecule has 0 saturated heterocycles. The predicted molar refractivity (Wildman–Crippen MR) is 84.6 cm³/mol. The summed E-state index contributed by atoms with van der Waals surface area (Å²) in [6.45, 7) is 11.5. The zero-order valence-electron chi connectivity index (χ0n) is 13.1. The molecular weight excluding hydrogens is 252 g/mol. The van der Waals surface area contributed by atoms with Crippen LogP contribution >= 0.6 is 0 Å². The van der Waals surface area contributed by atoms with Crippen LogP contribution in [0.4, 0.5) is 5.69 Å². The number of nitrogens with one attached hydrogen (secondary N) is 1. The van der Waals surface area contributed by atoms with Crippen LogP contribution in [0.1, 0.15) is 33.3 Å². The second kappa shape index (κ2) is 8.82. The van der Waals surface area contributed by atoms with Gasteiger partial charge in [-0.15, -0.1) is 0 Å². The Kier molecular flexibility index (Phi) is 7.41. The molecule has 0 unspecified atom stereocenters. The van der Waals surface area contributed by atoms with E-state index in [4.69, 9.17) is 9.84 Å². The fraction of sp³-hybridized carbons (Fsp3) is 0.625. The molecule has 114 valence electrons. The van der Waals surface area contributed by atoms with Crippen molar-refractivity contribution < 1.29 is 9.84 Å². The molecule has 0 fully saturated rings. The number of hydrogen-bond donors (Lipinski definition) is 2. The van der Waals surface area contributed by atoms with Crippen LogP contribution in [-0.4, -0.2) is 37.5 Å². The molecule has 20 heavy (non-hydrogen) atoms. The molecule has 0 spiro atoms. The highest BCUT2D eigenvalue weighted by molar-refractivity contribution is 5.59. The first-order valence-corrected chi connectivity index (χ1v) is 7.47. The zero-order valence-corrected chi connectivity index (χ0v) is 13.1. The van der Waals surface area contributed by atoms with E-state index in [9.17, 15) is 0 Å². The van der Waals surface area contributed by atoms with Crippen molar-refractivity contribution >= 4 is 5.69 Å². The third-order valence-electron chi connectivity index (χ3n) is 3.13. The maximum absolute atomic E-state index is 9.16. The summed E-state index contributed by atoms with van der Waals surface area (Å²) in [7, 11) is 0. The molecule has 0 aliphatic carbocycles. The number of ether oxygens (including phenoxy) is 1. The largest absolute Gasteiger partial charge is 0.492 e. The van der Waals surface area contributed by atoms with Crippen LogP contribution in [0.25, 0.3) is 0 Å². The van der Waals surface area contributed by atoms with E-state index >= 15 is 0 Å². The van der Waals surface area contributed by atoms with Crippen molar-refractivity contribution in [2.45, 2.75) is 40.3 Å². The fourth-order valence-corrected chi connectivity index (χ4v) is 2.09. The zero-order chi connectivity index (χ0) is 15.0. The van der Waals surface area contributed by atoms with Crippen LogP contribution in [0.2, 0.25) is 0 Å². The average molecular weight is 280 g/mol. The number of benzene rings is 1.